The smallest absolute Gasteiger partial charge is 0.341 e. The minimum atomic E-state index is -4.53. The number of hydrogen-bond donors (Lipinski definition) is 1. The number of hydrogen-bond acceptors (Lipinski definition) is 3. The van der Waals surface area contributed by atoms with Crippen molar-refractivity contribution in [3.63, 3.8) is 0 Å². The fourth-order valence-corrected chi connectivity index (χ4v) is 2.49. The SMILES string of the molecule is CN(CC(C)(C)CN)C(=O)c1cccc(-n2nccc2C(F)(F)F)c1.Cl. The molecule has 5 nitrogen and oxygen atoms in total. The number of aromatic nitrogens is 2. The molecule has 1 aromatic heterocycles. The predicted molar refractivity (Wildman–Crippen MR) is 95.6 cm³/mol. The lowest BCUT2D eigenvalue weighted by molar-refractivity contribution is -0.142. The monoisotopic (exact) mass is 390 g/mol. The van der Waals surface area contributed by atoms with Crippen molar-refractivity contribution < 1.29 is 18.0 Å². The van der Waals surface area contributed by atoms with Crippen LogP contribution >= 0.6 is 12.4 Å². The molecule has 0 aliphatic carbocycles. The third-order valence-corrected chi connectivity index (χ3v) is 3.84. The lowest BCUT2D eigenvalue weighted by Crippen LogP contribution is -2.39. The number of carbonyl (C=O) groups is 1. The molecule has 0 radical (unpaired) electrons. The highest BCUT2D eigenvalue weighted by Crippen LogP contribution is 2.30. The number of rotatable bonds is 5. The van der Waals surface area contributed by atoms with E-state index in [-0.39, 0.29) is 35.0 Å². The van der Waals surface area contributed by atoms with Gasteiger partial charge in [-0.3, -0.25) is 4.79 Å². The van der Waals surface area contributed by atoms with Crippen LogP contribution in [0.1, 0.15) is 29.9 Å². The molecular formula is C17H22ClF3N4O. The maximum Gasteiger partial charge on any atom is 0.433 e. The van der Waals surface area contributed by atoms with Crippen molar-refractivity contribution in [3.8, 4) is 5.69 Å². The first-order chi connectivity index (χ1) is 11.5. The molecule has 0 saturated heterocycles. The summed E-state index contributed by atoms with van der Waals surface area (Å²) in [5.41, 5.74) is 5.00. The fraction of sp³-hybridized carbons (Fsp3) is 0.412. The molecule has 0 atom stereocenters. The van der Waals surface area contributed by atoms with Crippen molar-refractivity contribution in [2.45, 2.75) is 20.0 Å². The quantitative estimate of drug-likeness (QED) is 0.851. The van der Waals surface area contributed by atoms with Crippen molar-refractivity contribution in [3.05, 3.63) is 47.8 Å². The molecule has 2 N–H and O–H groups in total. The van der Waals surface area contributed by atoms with Crippen molar-refractivity contribution >= 4 is 18.3 Å². The summed E-state index contributed by atoms with van der Waals surface area (Å²) >= 11 is 0. The van der Waals surface area contributed by atoms with E-state index >= 15 is 0 Å². The number of nitrogens with zero attached hydrogens (tertiary/aromatic N) is 3. The van der Waals surface area contributed by atoms with Gasteiger partial charge in [0.1, 0.15) is 5.69 Å². The zero-order chi connectivity index (χ0) is 18.8. The van der Waals surface area contributed by atoms with Crippen LogP contribution in [0.3, 0.4) is 0 Å². The van der Waals surface area contributed by atoms with Gasteiger partial charge in [-0.2, -0.15) is 18.3 Å². The van der Waals surface area contributed by atoms with Crippen molar-refractivity contribution in [2.24, 2.45) is 11.1 Å². The standard InChI is InChI=1S/C17H21F3N4O.ClH/c1-16(2,10-21)11-23(3)15(25)12-5-4-6-13(9-12)24-14(7-8-22-24)17(18,19)20;/h4-9H,10-11,21H2,1-3H3;1H. The van der Waals surface area contributed by atoms with Crippen molar-refractivity contribution in [2.75, 3.05) is 20.1 Å². The van der Waals surface area contributed by atoms with Gasteiger partial charge in [-0.15, -0.1) is 12.4 Å². The summed E-state index contributed by atoms with van der Waals surface area (Å²) in [5, 5.41) is 3.73. The van der Waals surface area contributed by atoms with Crippen molar-refractivity contribution in [1.29, 1.82) is 0 Å². The van der Waals surface area contributed by atoms with E-state index in [0.717, 1.165) is 16.9 Å². The molecular weight excluding hydrogens is 369 g/mol. The van der Waals surface area contributed by atoms with Crippen LogP contribution in [0.4, 0.5) is 13.2 Å². The summed E-state index contributed by atoms with van der Waals surface area (Å²) in [6.07, 6.45) is -3.45. The Morgan fingerprint density at radius 3 is 2.50 bits per heavy atom. The Labute approximate surface area is 156 Å². The second-order valence-electron chi connectivity index (χ2n) is 6.71. The average molecular weight is 391 g/mol. The van der Waals surface area contributed by atoms with Gasteiger partial charge in [-0.1, -0.05) is 19.9 Å². The summed E-state index contributed by atoms with van der Waals surface area (Å²) in [6, 6.07) is 6.87. The third kappa shape index (κ3) is 4.98. The largest absolute Gasteiger partial charge is 0.433 e. The van der Waals surface area contributed by atoms with Gasteiger partial charge >= 0.3 is 6.18 Å². The Kier molecular flexibility index (Phi) is 6.84. The Morgan fingerprint density at radius 1 is 1.27 bits per heavy atom. The summed E-state index contributed by atoms with van der Waals surface area (Å²) in [6.45, 7) is 4.72. The van der Waals surface area contributed by atoms with E-state index in [0.29, 0.717) is 13.1 Å². The van der Waals surface area contributed by atoms with Crippen LogP contribution in [0.15, 0.2) is 36.5 Å². The van der Waals surface area contributed by atoms with Crippen molar-refractivity contribution in [1.82, 2.24) is 14.7 Å². The van der Waals surface area contributed by atoms with E-state index in [1.807, 2.05) is 13.8 Å². The van der Waals surface area contributed by atoms with Crippen LogP contribution in [0.2, 0.25) is 0 Å². The molecule has 144 valence electrons. The number of benzene rings is 1. The summed E-state index contributed by atoms with van der Waals surface area (Å²) in [5.74, 6) is -0.288. The van der Waals surface area contributed by atoms with E-state index in [1.165, 1.54) is 23.1 Å². The van der Waals surface area contributed by atoms with Gasteiger partial charge in [-0.25, -0.2) is 4.68 Å². The minimum Gasteiger partial charge on any atom is -0.341 e. The Balaban J connectivity index is 0.00000338. The zero-order valence-electron chi connectivity index (χ0n) is 14.7. The molecule has 26 heavy (non-hydrogen) atoms. The molecule has 9 heteroatoms. The van der Waals surface area contributed by atoms with Crippen LogP contribution in [0.25, 0.3) is 5.69 Å². The number of amides is 1. The topological polar surface area (TPSA) is 64.2 Å². The molecule has 1 amide bonds. The molecule has 1 heterocycles. The van der Waals surface area contributed by atoms with E-state index in [1.54, 1.807) is 13.1 Å². The van der Waals surface area contributed by atoms with E-state index in [2.05, 4.69) is 5.10 Å². The average Bonchev–Trinajstić information content (AvgIpc) is 3.04. The molecule has 1 aromatic carbocycles. The van der Waals surface area contributed by atoms with Crippen LogP contribution < -0.4 is 5.73 Å². The van der Waals surface area contributed by atoms with Gasteiger partial charge < -0.3 is 10.6 Å². The molecule has 2 rings (SSSR count). The zero-order valence-corrected chi connectivity index (χ0v) is 15.6. The summed E-state index contributed by atoms with van der Waals surface area (Å²) in [7, 11) is 1.64. The fourth-order valence-electron chi connectivity index (χ4n) is 2.49. The highest BCUT2D eigenvalue weighted by atomic mass is 35.5. The van der Waals surface area contributed by atoms with Crippen LogP contribution in [-0.2, 0) is 6.18 Å². The van der Waals surface area contributed by atoms with E-state index < -0.39 is 11.9 Å². The van der Waals surface area contributed by atoms with Gasteiger partial charge in [-0.05, 0) is 36.2 Å². The second-order valence-corrected chi connectivity index (χ2v) is 6.71. The van der Waals surface area contributed by atoms with Gasteiger partial charge in [0, 0.05) is 19.2 Å². The first kappa shape index (κ1) is 22.0. The molecule has 2 aromatic rings. The lowest BCUT2D eigenvalue weighted by atomic mass is 9.93. The maximum atomic E-state index is 13.0. The number of alkyl halides is 3. The summed E-state index contributed by atoms with van der Waals surface area (Å²) < 4.78 is 39.9. The Hall–Kier alpha value is -2.06. The second kappa shape index (κ2) is 8.09. The van der Waals surface area contributed by atoms with E-state index in [4.69, 9.17) is 5.73 Å². The predicted octanol–water partition coefficient (Wildman–Crippen LogP) is 3.37. The molecule has 0 fully saturated rings. The molecule has 0 bridgehead atoms. The first-order valence-corrected chi connectivity index (χ1v) is 7.72. The lowest BCUT2D eigenvalue weighted by Gasteiger charge is -2.29. The van der Waals surface area contributed by atoms with Crippen LogP contribution in [-0.4, -0.2) is 40.7 Å². The van der Waals surface area contributed by atoms with Crippen LogP contribution in [0, 0.1) is 5.41 Å². The first-order valence-electron chi connectivity index (χ1n) is 7.72. The molecule has 0 aliphatic rings. The number of carbonyl (C=O) groups excluding carboxylic acids is 1. The van der Waals surface area contributed by atoms with Crippen LogP contribution in [0.5, 0.6) is 0 Å². The molecule has 0 spiro atoms. The van der Waals surface area contributed by atoms with E-state index in [9.17, 15) is 18.0 Å². The normalized spacial score (nSPS) is 11.8. The Bertz CT molecular complexity index is 758. The molecule has 0 aliphatic heterocycles. The highest BCUT2D eigenvalue weighted by Gasteiger charge is 2.35. The van der Waals surface area contributed by atoms with Gasteiger partial charge in [0.2, 0.25) is 0 Å². The van der Waals surface area contributed by atoms with Gasteiger partial charge in [0.15, 0.2) is 0 Å². The maximum absolute atomic E-state index is 13.0. The highest BCUT2D eigenvalue weighted by molar-refractivity contribution is 5.94. The van der Waals surface area contributed by atoms with Gasteiger partial charge in [0.05, 0.1) is 11.9 Å². The number of nitrogens with two attached hydrogens (primary N) is 1. The third-order valence-electron chi connectivity index (χ3n) is 3.84. The number of halogens is 4. The Morgan fingerprint density at radius 2 is 1.92 bits per heavy atom. The minimum absolute atomic E-state index is 0. The summed E-state index contributed by atoms with van der Waals surface area (Å²) in [4.78, 5) is 14.1. The molecule has 0 saturated carbocycles. The molecule has 0 unspecified atom stereocenters. The van der Waals surface area contributed by atoms with Gasteiger partial charge in [0.25, 0.3) is 5.91 Å².